The third-order valence-corrected chi connectivity index (χ3v) is 0.963. The first kappa shape index (κ1) is 7.04. The van der Waals surface area contributed by atoms with Gasteiger partial charge in [-0.15, -0.1) is 0 Å². The number of nitrogens with one attached hydrogen (secondary N) is 1. The van der Waals surface area contributed by atoms with Crippen molar-refractivity contribution in [2.45, 2.75) is 6.18 Å². The van der Waals surface area contributed by atoms with E-state index in [4.69, 9.17) is 0 Å². The first-order valence-electron chi connectivity index (χ1n) is 2.43. The summed E-state index contributed by atoms with van der Waals surface area (Å²) in [5.74, 6) is -1.01. The molecule has 0 aliphatic carbocycles. The van der Waals surface area contributed by atoms with Crippen molar-refractivity contribution in [2.75, 3.05) is 6.54 Å². The van der Waals surface area contributed by atoms with E-state index in [1.54, 1.807) is 0 Å². The standard InChI is InChI=1S/C4H3F3N2O/c5-4(6,7)3-2(10)1-8-9-3/h8H,1H2. The summed E-state index contributed by atoms with van der Waals surface area (Å²) in [6.45, 7) is -0.352. The second kappa shape index (κ2) is 1.96. The van der Waals surface area contributed by atoms with Crippen LogP contribution in [-0.2, 0) is 4.79 Å². The molecule has 0 unspecified atom stereocenters. The number of hydrogen-bond donors (Lipinski definition) is 1. The lowest BCUT2D eigenvalue weighted by molar-refractivity contribution is -0.115. The first-order chi connectivity index (χ1) is 4.52. The Morgan fingerprint density at radius 2 is 2.10 bits per heavy atom. The Kier molecular flexibility index (Phi) is 1.38. The first-order valence-corrected chi connectivity index (χ1v) is 2.43. The zero-order chi connectivity index (χ0) is 7.78. The lowest BCUT2D eigenvalue weighted by Gasteiger charge is -2.00. The minimum Gasteiger partial charge on any atom is -0.301 e. The molecule has 0 spiro atoms. The van der Waals surface area contributed by atoms with E-state index in [0.717, 1.165) is 0 Å². The van der Waals surface area contributed by atoms with Crippen LogP contribution in [0.2, 0.25) is 0 Å². The van der Waals surface area contributed by atoms with Crippen molar-refractivity contribution >= 4 is 11.5 Å². The van der Waals surface area contributed by atoms with Crippen LogP contribution in [0, 0.1) is 0 Å². The minimum atomic E-state index is -4.61. The van der Waals surface area contributed by atoms with Crippen LogP contribution >= 0.6 is 0 Å². The van der Waals surface area contributed by atoms with Crippen LogP contribution < -0.4 is 5.43 Å². The largest absolute Gasteiger partial charge is 0.438 e. The Bertz CT molecular complexity index is 195. The van der Waals surface area contributed by atoms with E-state index in [0.29, 0.717) is 0 Å². The summed E-state index contributed by atoms with van der Waals surface area (Å²) in [4.78, 5) is 10.3. The molecule has 3 nitrogen and oxygen atoms in total. The number of carbonyl (C=O) groups excluding carboxylic acids is 1. The fourth-order valence-corrected chi connectivity index (χ4v) is 0.558. The van der Waals surface area contributed by atoms with Gasteiger partial charge in [0.25, 0.3) is 0 Å². The molecule has 0 saturated heterocycles. The SMILES string of the molecule is O=C1CNN=C1C(F)(F)F. The number of Topliss-reactive ketones (excluding diaryl/α,β-unsaturated/α-hetero) is 1. The number of nitrogens with zero attached hydrogens (tertiary/aromatic N) is 1. The van der Waals surface area contributed by atoms with E-state index in [1.807, 2.05) is 5.43 Å². The van der Waals surface area contributed by atoms with Gasteiger partial charge in [0, 0.05) is 0 Å². The highest BCUT2D eigenvalue weighted by atomic mass is 19.4. The molecule has 0 amide bonds. The summed E-state index contributed by atoms with van der Waals surface area (Å²) < 4.78 is 34.9. The van der Waals surface area contributed by atoms with E-state index in [-0.39, 0.29) is 6.54 Å². The molecule has 10 heavy (non-hydrogen) atoms. The second-order valence-corrected chi connectivity index (χ2v) is 1.72. The lowest BCUT2D eigenvalue weighted by atomic mass is 10.2. The maximum absolute atomic E-state index is 11.6. The van der Waals surface area contributed by atoms with Crippen LogP contribution in [-0.4, -0.2) is 24.2 Å². The molecule has 0 saturated carbocycles. The van der Waals surface area contributed by atoms with Gasteiger partial charge in [0.15, 0.2) is 0 Å². The molecular weight excluding hydrogens is 149 g/mol. The summed E-state index contributed by atoms with van der Waals surface area (Å²) >= 11 is 0. The zero-order valence-corrected chi connectivity index (χ0v) is 4.70. The van der Waals surface area contributed by atoms with E-state index in [1.165, 1.54) is 0 Å². The predicted molar refractivity (Wildman–Crippen MR) is 26.5 cm³/mol. The molecular formula is C4H3F3N2O. The van der Waals surface area contributed by atoms with E-state index in [2.05, 4.69) is 5.10 Å². The van der Waals surface area contributed by atoms with Gasteiger partial charge in [0.05, 0.1) is 6.54 Å². The topological polar surface area (TPSA) is 41.5 Å². The van der Waals surface area contributed by atoms with Gasteiger partial charge in [-0.05, 0) is 0 Å². The van der Waals surface area contributed by atoms with Gasteiger partial charge < -0.3 is 5.43 Å². The fourth-order valence-electron chi connectivity index (χ4n) is 0.558. The average molecular weight is 152 g/mol. The van der Waals surface area contributed by atoms with Crippen LogP contribution in [0.4, 0.5) is 13.2 Å². The lowest BCUT2D eigenvalue weighted by Crippen LogP contribution is -2.29. The smallest absolute Gasteiger partial charge is 0.301 e. The van der Waals surface area contributed by atoms with Gasteiger partial charge in [-0.25, -0.2) is 0 Å². The minimum absolute atomic E-state index is 0.352. The highest BCUT2D eigenvalue weighted by molar-refractivity contribution is 6.43. The van der Waals surface area contributed by atoms with Gasteiger partial charge in [0.2, 0.25) is 11.5 Å². The number of halogens is 3. The molecule has 0 bridgehead atoms. The molecule has 6 heteroatoms. The van der Waals surface area contributed by atoms with Crippen molar-refractivity contribution in [1.29, 1.82) is 0 Å². The number of hydrazone groups is 1. The third kappa shape index (κ3) is 1.09. The maximum Gasteiger partial charge on any atom is 0.438 e. The van der Waals surface area contributed by atoms with Crippen molar-refractivity contribution in [3.05, 3.63) is 0 Å². The molecule has 1 rings (SSSR count). The molecule has 0 aromatic heterocycles. The normalized spacial score (nSPS) is 18.7. The number of hydrogen-bond acceptors (Lipinski definition) is 3. The van der Waals surface area contributed by atoms with Gasteiger partial charge in [-0.1, -0.05) is 0 Å². The zero-order valence-electron chi connectivity index (χ0n) is 4.70. The predicted octanol–water partition coefficient (Wildman–Crippen LogP) is 0.0770. The van der Waals surface area contributed by atoms with Crippen LogP contribution in [0.15, 0.2) is 5.10 Å². The van der Waals surface area contributed by atoms with Crippen LogP contribution in [0.5, 0.6) is 0 Å². The Hall–Kier alpha value is -1.07. The van der Waals surface area contributed by atoms with Crippen LogP contribution in [0.1, 0.15) is 0 Å². The van der Waals surface area contributed by atoms with Crippen LogP contribution in [0.25, 0.3) is 0 Å². The third-order valence-electron chi connectivity index (χ3n) is 0.963. The van der Waals surface area contributed by atoms with Gasteiger partial charge in [-0.2, -0.15) is 18.3 Å². The van der Waals surface area contributed by atoms with E-state index in [9.17, 15) is 18.0 Å². The Balaban J connectivity index is 2.82. The number of carbonyl (C=O) groups is 1. The van der Waals surface area contributed by atoms with E-state index < -0.39 is 17.7 Å². The summed E-state index contributed by atoms with van der Waals surface area (Å²) in [7, 11) is 0. The van der Waals surface area contributed by atoms with Crippen molar-refractivity contribution in [2.24, 2.45) is 5.10 Å². The molecule has 1 N–H and O–H groups in total. The van der Waals surface area contributed by atoms with Crippen molar-refractivity contribution < 1.29 is 18.0 Å². The average Bonchev–Trinajstić information content (AvgIpc) is 2.11. The van der Waals surface area contributed by atoms with Crippen molar-refractivity contribution in [3.63, 3.8) is 0 Å². The van der Waals surface area contributed by atoms with Gasteiger partial charge in [-0.3, -0.25) is 4.79 Å². The molecule has 0 aromatic carbocycles. The highest BCUT2D eigenvalue weighted by Crippen LogP contribution is 2.18. The molecule has 1 heterocycles. The van der Waals surface area contributed by atoms with E-state index >= 15 is 0 Å². The Morgan fingerprint density at radius 1 is 1.50 bits per heavy atom. The summed E-state index contributed by atoms with van der Waals surface area (Å²) in [5.41, 5.74) is 0.607. The molecule has 0 radical (unpaired) electrons. The molecule has 1 aliphatic rings. The van der Waals surface area contributed by atoms with Crippen molar-refractivity contribution in [3.8, 4) is 0 Å². The molecule has 1 aliphatic heterocycles. The molecule has 0 fully saturated rings. The monoisotopic (exact) mass is 152 g/mol. The number of ketones is 1. The summed E-state index contributed by atoms with van der Waals surface area (Å²) in [6, 6.07) is 0. The second-order valence-electron chi connectivity index (χ2n) is 1.72. The molecule has 0 aromatic rings. The number of alkyl halides is 3. The Labute approximate surface area is 53.9 Å². The Morgan fingerprint density at radius 3 is 2.30 bits per heavy atom. The summed E-state index contributed by atoms with van der Waals surface area (Å²) in [5, 5.41) is 2.78. The van der Waals surface area contributed by atoms with Gasteiger partial charge >= 0.3 is 6.18 Å². The summed E-state index contributed by atoms with van der Waals surface area (Å²) in [6.07, 6.45) is -4.61. The molecule has 0 atom stereocenters. The maximum atomic E-state index is 11.6. The quantitative estimate of drug-likeness (QED) is 0.534. The highest BCUT2D eigenvalue weighted by Gasteiger charge is 2.42. The van der Waals surface area contributed by atoms with Crippen molar-refractivity contribution in [1.82, 2.24) is 5.43 Å². The molecule has 56 valence electrons. The van der Waals surface area contributed by atoms with Gasteiger partial charge in [0.1, 0.15) is 0 Å². The fraction of sp³-hybridized carbons (Fsp3) is 0.500. The number of rotatable bonds is 0. The van der Waals surface area contributed by atoms with Crippen LogP contribution in [0.3, 0.4) is 0 Å².